The van der Waals surface area contributed by atoms with Crippen LogP contribution in [-0.4, -0.2) is 25.1 Å². The number of hydrazine groups is 1. The lowest BCUT2D eigenvalue weighted by Crippen LogP contribution is -2.61. The van der Waals surface area contributed by atoms with Crippen LogP contribution in [0.1, 0.15) is 20.3 Å². The molecule has 0 saturated heterocycles. The molecule has 20 heavy (non-hydrogen) atoms. The molecule has 0 aromatic heterocycles. The van der Waals surface area contributed by atoms with Gasteiger partial charge in [-0.2, -0.15) is 21.0 Å². The topological polar surface area (TPSA) is 110 Å². The van der Waals surface area contributed by atoms with E-state index < -0.39 is 22.8 Å². The first-order valence-electron chi connectivity index (χ1n) is 6.43. The smallest absolute Gasteiger partial charge is 0.165 e. The van der Waals surface area contributed by atoms with Crippen molar-refractivity contribution in [3.8, 4) is 24.3 Å². The molecule has 104 valence electrons. The first kappa shape index (κ1) is 15.9. The molecule has 1 rings (SSSR count). The third-order valence-corrected chi connectivity index (χ3v) is 4.44. The number of nitriles is 4. The minimum Gasteiger partial charge on any atom is -0.250 e. The van der Waals surface area contributed by atoms with Crippen LogP contribution in [-0.2, 0) is 0 Å². The predicted octanol–water partition coefficient (Wildman–Crippen LogP) is 1.16. The summed E-state index contributed by atoms with van der Waals surface area (Å²) in [6.07, 6.45) is 0.421. The van der Waals surface area contributed by atoms with E-state index in [1.807, 2.05) is 6.92 Å². The highest BCUT2D eigenvalue weighted by Crippen LogP contribution is 2.53. The molecule has 1 saturated carbocycles. The van der Waals surface area contributed by atoms with Crippen molar-refractivity contribution >= 4 is 0 Å². The molecule has 1 aliphatic carbocycles. The first-order chi connectivity index (χ1) is 9.34. The van der Waals surface area contributed by atoms with Crippen molar-refractivity contribution < 1.29 is 0 Å². The number of hydrogen-bond acceptors (Lipinski definition) is 6. The zero-order valence-corrected chi connectivity index (χ0v) is 12.2. The summed E-state index contributed by atoms with van der Waals surface area (Å²) in [7, 11) is 3.57. The van der Waals surface area contributed by atoms with Crippen molar-refractivity contribution in [1.82, 2.24) is 10.4 Å². The van der Waals surface area contributed by atoms with Crippen LogP contribution in [0.2, 0.25) is 0 Å². The van der Waals surface area contributed by atoms with Crippen LogP contribution in [0, 0.1) is 68.0 Å². The third-order valence-electron chi connectivity index (χ3n) is 4.44. The van der Waals surface area contributed by atoms with Crippen LogP contribution in [0.25, 0.3) is 0 Å². The van der Waals surface area contributed by atoms with Crippen LogP contribution >= 0.6 is 0 Å². The molecule has 1 N–H and O–H groups in total. The van der Waals surface area contributed by atoms with Crippen LogP contribution in [0.4, 0.5) is 0 Å². The monoisotopic (exact) mass is 270 g/mol. The van der Waals surface area contributed by atoms with Gasteiger partial charge in [-0.05, 0) is 12.3 Å². The standard InChI is InChI=1S/C14H18N6/c1-10-5-12(19-20(3)4)14(8-17,9-18)11(2)13(10,6-15)7-16/h10-12,19H,5H2,1-4H3/t10-,11+,12-/m0/s1. The van der Waals surface area contributed by atoms with Crippen LogP contribution in [0.15, 0.2) is 0 Å². The van der Waals surface area contributed by atoms with Gasteiger partial charge in [0.05, 0.1) is 30.3 Å². The van der Waals surface area contributed by atoms with Gasteiger partial charge in [0, 0.05) is 20.0 Å². The molecule has 1 aliphatic rings. The number of rotatable bonds is 2. The predicted molar refractivity (Wildman–Crippen MR) is 70.9 cm³/mol. The number of nitrogens with one attached hydrogen (secondary N) is 1. The molecule has 0 heterocycles. The van der Waals surface area contributed by atoms with E-state index in [0.717, 1.165) is 0 Å². The van der Waals surface area contributed by atoms with Gasteiger partial charge in [-0.25, -0.2) is 5.43 Å². The molecule has 1 fully saturated rings. The fourth-order valence-electron chi connectivity index (χ4n) is 3.09. The first-order valence-corrected chi connectivity index (χ1v) is 6.43. The molecule has 6 nitrogen and oxygen atoms in total. The largest absolute Gasteiger partial charge is 0.250 e. The molecule has 0 aromatic carbocycles. The van der Waals surface area contributed by atoms with Crippen molar-refractivity contribution in [2.24, 2.45) is 22.7 Å². The molecule has 0 radical (unpaired) electrons. The Hall–Kier alpha value is -2.12. The quantitative estimate of drug-likeness (QED) is 0.754. The summed E-state index contributed by atoms with van der Waals surface area (Å²) in [6, 6.07) is 7.84. The van der Waals surface area contributed by atoms with Gasteiger partial charge < -0.3 is 0 Å². The SMILES string of the molecule is C[C@H]1C(C#N)(C#N)[C@@H](NN(C)C)C[C@H](C)C1(C#N)C#N. The van der Waals surface area contributed by atoms with E-state index in [1.54, 1.807) is 26.0 Å². The van der Waals surface area contributed by atoms with Gasteiger partial charge in [0.25, 0.3) is 0 Å². The average molecular weight is 270 g/mol. The van der Waals surface area contributed by atoms with Crippen molar-refractivity contribution in [3.63, 3.8) is 0 Å². The van der Waals surface area contributed by atoms with Crippen LogP contribution in [0.5, 0.6) is 0 Å². The maximum Gasteiger partial charge on any atom is 0.165 e. The normalized spacial score (nSPS) is 30.6. The summed E-state index contributed by atoms with van der Waals surface area (Å²) in [5.74, 6) is -0.888. The van der Waals surface area contributed by atoms with Gasteiger partial charge in [-0.3, -0.25) is 5.01 Å². The Kier molecular flexibility index (Phi) is 4.36. The molecule has 0 aliphatic heterocycles. The second-order valence-electron chi connectivity index (χ2n) is 5.62. The summed E-state index contributed by atoms with van der Waals surface area (Å²) < 4.78 is 0. The number of hydrogen-bond donors (Lipinski definition) is 1. The maximum atomic E-state index is 9.55. The molecule has 0 unspecified atom stereocenters. The van der Waals surface area contributed by atoms with Crippen molar-refractivity contribution in [3.05, 3.63) is 0 Å². The molecule has 0 amide bonds. The highest BCUT2D eigenvalue weighted by Gasteiger charge is 2.61. The van der Waals surface area contributed by atoms with Crippen molar-refractivity contribution in [1.29, 1.82) is 21.0 Å². The van der Waals surface area contributed by atoms with Crippen molar-refractivity contribution in [2.45, 2.75) is 26.3 Å². The molecule has 0 bridgehead atoms. The van der Waals surface area contributed by atoms with Gasteiger partial charge in [-0.15, -0.1) is 0 Å². The van der Waals surface area contributed by atoms with Crippen LogP contribution in [0.3, 0.4) is 0 Å². The Balaban J connectivity index is 3.42. The highest BCUT2D eigenvalue weighted by molar-refractivity contribution is 5.33. The Bertz CT molecular complexity index is 510. The fraction of sp³-hybridized carbons (Fsp3) is 0.714. The molecular weight excluding hydrogens is 252 g/mol. The minimum absolute atomic E-state index is 0.222. The zero-order valence-electron chi connectivity index (χ0n) is 12.2. The van der Waals surface area contributed by atoms with Crippen molar-refractivity contribution in [2.75, 3.05) is 14.1 Å². The van der Waals surface area contributed by atoms with E-state index in [4.69, 9.17) is 0 Å². The van der Waals surface area contributed by atoms with Gasteiger partial charge in [-0.1, -0.05) is 13.8 Å². The van der Waals surface area contributed by atoms with E-state index in [1.165, 1.54) is 0 Å². The molecule has 0 aromatic rings. The van der Waals surface area contributed by atoms with E-state index >= 15 is 0 Å². The highest BCUT2D eigenvalue weighted by atomic mass is 15.5. The lowest BCUT2D eigenvalue weighted by molar-refractivity contribution is 0.0221. The Labute approximate surface area is 119 Å². The Morgan fingerprint density at radius 1 is 0.950 bits per heavy atom. The number of nitrogens with zero attached hydrogens (tertiary/aromatic N) is 5. The molecule has 0 spiro atoms. The second kappa shape index (κ2) is 5.48. The van der Waals surface area contributed by atoms with Gasteiger partial charge in [0.15, 0.2) is 10.8 Å². The Morgan fingerprint density at radius 2 is 1.40 bits per heavy atom. The van der Waals surface area contributed by atoms with E-state index in [-0.39, 0.29) is 5.92 Å². The van der Waals surface area contributed by atoms with Crippen LogP contribution < -0.4 is 5.43 Å². The average Bonchev–Trinajstić information content (AvgIpc) is 2.41. The van der Waals surface area contributed by atoms with E-state index in [9.17, 15) is 21.0 Å². The second-order valence-corrected chi connectivity index (χ2v) is 5.62. The van der Waals surface area contributed by atoms with Gasteiger partial charge >= 0.3 is 0 Å². The molecule has 3 atom stereocenters. The van der Waals surface area contributed by atoms with Gasteiger partial charge in [0.2, 0.25) is 0 Å². The lowest BCUT2D eigenvalue weighted by Gasteiger charge is -2.48. The summed E-state index contributed by atoms with van der Waals surface area (Å²) >= 11 is 0. The Morgan fingerprint density at radius 3 is 1.75 bits per heavy atom. The summed E-state index contributed by atoms with van der Waals surface area (Å²) in [5.41, 5.74) is 0.381. The maximum absolute atomic E-state index is 9.55. The van der Waals surface area contributed by atoms with E-state index in [2.05, 4.69) is 29.7 Å². The zero-order chi connectivity index (χ0) is 15.6. The summed E-state index contributed by atoms with van der Waals surface area (Å²) in [5, 5.41) is 39.7. The fourth-order valence-corrected chi connectivity index (χ4v) is 3.09. The minimum atomic E-state index is -1.40. The van der Waals surface area contributed by atoms with Gasteiger partial charge in [0.1, 0.15) is 0 Å². The lowest BCUT2D eigenvalue weighted by atomic mass is 9.51. The summed E-state index contributed by atoms with van der Waals surface area (Å²) in [6.45, 7) is 3.48. The summed E-state index contributed by atoms with van der Waals surface area (Å²) in [4.78, 5) is 0. The molecular formula is C14H18N6. The third kappa shape index (κ3) is 2.00. The molecule has 6 heteroatoms. The van der Waals surface area contributed by atoms with E-state index in [0.29, 0.717) is 6.42 Å².